The maximum absolute atomic E-state index is 11.9. The van der Waals surface area contributed by atoms with Crippen LogP contribution in [0.15, 0.2) is 53.9 Å². The molecular formula is C15H14N6O. The zero-order valence-electron chi connectivity index (χ0n) is 12.0. The van der Waals surface area contributed by atoms with Gasteiger partial charge >= 0.3 is 0 Å². The summed E-state index contributed by atoms with van der Waals surface area (Å²) in [5.41, 5.74) is 5.44. The van der Waals surface area contributed by atoms with Crippen LogP contribution >= 0.6 is 0 Å². The normalized spacial score (nSPS) is 11.6. The van der Waals surface area contributed by atoms with Gasteiger partial charge in [0.05, 0.1) is 23.3 Å². The number of carbonyl (C=O) groups is 1. The summed E-state index contributed by atoms with van der Waals surface area (Å²) in [6.07, 6.45) is 3.10. The molecule has 7 heteroatoms. The second-order valence-electron chi connectivity index (χ2n) is 4.77. The van der Waals surface area contributed by atoms with Crippen LogP contribution in [-0.4, -0.2) is 31.6 Å². The Morgan fingerprint density at radius 1 is 1.27 bits per heavy atom. The Hall–Kier alpha value is -3.09. The zero-order valence-corrected chi connectivity index (χ0v) is 12.0. The van der Waals surface area contributed by atoms with Crippen molar-refractivity contribution in [2.24, 2.45) is 5.10 Å². The van der Waals surface area contributed by atoms with E-state index in [4.69, 9.17) is 0 Å². The smallest absolute Gasteiger partial charge is 0.267 e. The minimum Gasteiger partial charge on any atom is -0.267 e. The molecule has 2 aromatic heterocycles. The van der Waals surface area contributed by atoms with Crippen LogP contribution in [0.5, 0.6) is 0 Å². The molecule has 0 atom stereocenters. The number of para-hydroxylation sites is 1. The number of aromatic nitrogens is 4. The Balaban J connectivity index is 1.69. The lowest BCUT2D eigenvalue weighted by Gasteiger charge is -2.03. The summed E-state index contributed by atoms with van der Waals surface area (Å²) >= 11 is 0. The van der Waals surface area contributed by atoms with Crippen molar-refractivity contribution in [1.82, 2.24) is 25.4 Å². The molecule has 0 radical (unpaired) electrons. The maximum Gasteiger partial charge on any atom is 0.272 e. The fraction of sp³-hybridized carbons (Fsp3) is 0.133. The Labute approximate surface area is 126 Å². The van der Waals surface area contributed by atoms with E-state index in [1.54, 1.807) is 23.0 Å². The molecular weight excluding hydrogens is 280 g/mol. The fourth-order valence-electron chi connectivity index (χ4n) is 1.99. The number of rotatable bonds is 4. The van der Waals surface area contributed by atoms with Crippen molar-refractivity contribution in [3.63, 3.8) is 0 Å². The number of carbonyl (C=O) groups excluding carboxylic acids is 1. The van der Waals surface area contributed by atoms with Crippen molar-refractivity contribution in [1.29, 1.82) is 0 Å². The first-order valence-corrected chi connectivity index (χ1v) is 6.76. The summed E-state index contributed by atoms with van der Waals surface area (Å²) < 4.78 is 1.74. The number of nitrogens with zero attached hydrogens (tertiary/aromatic N) is 5. The van der Waals surface area contributed by atoms with Gasteiger partial charge in [0, 0.05) is 12.4 Å². The predicted octanol–water partition coefficient (Wildman–Crippen LogP) is 1.63. The molecule has 1 aromatic carbocycles. The van der Waals surface area contributed by atoms with E-state index in [-0.39, 0.29) is 5.91 Å². The molecule has 1 N–H and O–H groups in total. The lowest BCUT2D eigenvalue weighted by atomic mass is 10.3. The van der Waals surface area contributed by atoms with E-state index in [0.29, 0.717) is 17.8 Å². The van der Waals surface area contributed by atoms with Gasteiger partial charge < -0.3 is 0 Å². The summed E-state index contributed by atoms with van der Waals surface area (Å²) in [5.74, 6) is -0.295. The first-order valence-electron chi connectivity index (χ1n) is 6.76. The third-order valence-electron chi connectivity index (χ3n) is 3.07. The number of fused-ring (bicyclic) bond motifs is 1. The third-order valence-corrected chi connectivity index (χ3v) is 3.07. The average Bonchev–Trinajstić information content (AvgIpc) is 2.97. The average molecular weight is 294 g/mol. The molecule has 0 fully saturated rings. The highest BCUT2D eigenvalue weighted by atomic mass is 16.2. The van der Waals surface area contributed by atoms with E-state index in [1.807, 2.05) is 31.2 Å². The summed E-state index contributed by atoms with van der Waals surface area (Å²) in [4.78, 5) is 15.8. The topological polar surface area (TPSA) is 85.1 Å². The number of hydrogen-bond acceptors (Lipinski definition) is 5. The summed E-state index contributed by atoms with van der Waals surface area (Å²) in [7, 11) is 0. The van der Waals surface area contributed by atoms with E-state index < -0.39 is 0 Å². The third kappa shape index (κ3) is 2.98. The first-order chi connectivity index (χ1) is 10.7. The Morgan fingerprint density at radius 3 is 2.95 bits per heavy atom. The van der Waals surface area contributed by atoms with Gasteiger partial charge in [0.25, 0.3) is 5.91 Å². The summed E-state index contributed by atoms with van der Waals surface area (Å²) in [5, 5.41) is 12.2. The molecule has 0 spiro atoms. The van der Waals surface area contributed by atoms with Crippen LogP contribution in [0.1, 0.15) is 17.3 Å². The van der Waals surface area contributed by atoms with E-state index in [1.165, 1.54) is 6.20 Å². The zero-order chi connectivity index (χ0) is 15.4. The number of hydrogen-bond donors (Lipinski definition) is 1. The number of pyridine rings is 1. The minimum absolute atomic E-state index is 0.295. The standard InChI is InChI=1S/C15H14N6O/c1-11(17-19-15(22)12-5-4-8-16-9-12)10-21-14-7-3-2-6-13(14)18-20-21/h2-9H,10H2,1H3,(H,19,22). The van der Waals surface area contributed by atoms with Crippen molar-refractivity contribution in [2.45, 2.75) is 13.5 Å². The van der Waals surface area contributed by atoms with Crippen LogP contribution in [0.3, 0.4) is 0 Å². The number of amides is 1. The molecule has 0 saturated heterocycles. The van der Waals surface area contributed by atoms with Crippen LogP contribution in [0.2, 0.25) is 0 Å². The fourth-order valence-corrected chi connectivity index (χ4v) is 1.99. The first kappa shape index (κ1) is 13.9. The largest absolute Gasteiger partial charge is 0.272 e. The van der Waals surface area contributed by atoms with Gasteiger partial charge in [-0.3, -0.25) is 9.78 Å². The van der Waals surface area contributed by atoms with Crippen LogP contribution in [0.25, 0.3) is 11.0 Å². The van der Waals surface area contributed by atoms with Gasteiger partial charge in [-0.1, -0.05) is 17.3 Å². The van der Waals surface area contributed by atoms with Crippen molar-refractivity contribution in [2.75, 3.05) is 0 Å². The van der Waals surface area contributed by atoms with Gasteiger partial charge in [-0.2, -0.15) is 5.10 Å². The Bertz CT molecular complexity index is 824. The minimum atomic E-state index is -0.295. The molecule has 0 aliphatic heterocycles. The highest BCUT2D eigenvalue weighted by Crippen LogP contribution is 2.09. The van der Waals surface area contributed by atoms with Crippen LogP contribution < -0.4 is 5.43 Å². The van der Waals surface area contributed by atoms with Crippen LogP contribution in [-0.2, 0) is 6.54 Å². The second kappa shape index (κ2) is 6.13. The maximum atomic E-state index is 11.9. The van der Waals surface area contributed by atoms with E-state index in [2.05, 4.69) is 25.8 Å². The van der Waals surface area contributed by atoms with E-state index in [9.17, 15) is 4.79 Å². The molecule has 22 heavy (non-hydrogen) atoms. The lowest BCUT2D eigenvalue weighted by Crippen LogP contribution is -2.20. The predicted molar refractivity (Wildman–Crippen MR) is 82.3 cm³/mol. The van der Waals surface area contributed by atoms with Crippen molar-refractivity contribution in [3.8, 4) is 0 Å². The van der Waals surface area contributed by atoms with Crippen molar-refractivity contribution < 1.29 is 4.79 Å². The molecule has 0 bridgehead atoms. The van der Waals surface area contributed by atoms with E-state index >= 15 is 0 Å². The lowest BCUT2D eigenvalue weighted by molar-refractivity contribution is 0.0954. The molecule has 0 unspecified atom stereocenters. The SMILES string of the molecule is CC(Cn1nnc2ccccc21)=NNC(=O)c1cccnc1. The molecule has 2 heterocycles. The monoisotopic (exact) mass is 294 g/mol. The van der Waals surface area contributed by atoms with Crippen LogP contribution in [0, 0.1) is 0 Å². The molecule has 0 aliphatic carbocycles. The quantitative estimate of drug-likeness (QED) is 0.585. The summed E-state index contributed by atoms with van der Waals surface area (Å²) in [6.45, 7) is 2.27. The van der Waals surface area contributed by atoms with E-state index in [0.717, 1.165) is 11.0 Å². The highest BCUT2D eigenvalue weighted by molar-refractivity contribution is 5.95. The van der Waals surface area contributed by atoms with Gasteiger partial charge in [0.2, 0.25) is 0 Å². The van der Waals surface area contributed by atoms with Gasteiger partial charge in [-0.25, -0.2) is 10.1 Å². The van der Waals surface area contributed by atoms with Gasteiger partial charge in [-0.15, -0.1) is 5.10 Å². The number of hydrazone groups is 1. The van der Waals surface area contributed by atoms with Crippen LogP contribution in [0.4, 0.5) is 0 Å². The Kier molecular flexibility index (Phi) is 3.86. The highest BCUT2D eigenvalue weighted by Gasteiger charge is 2.06. The summed E-state index contributed by atoms with van der Waals surface area (Å²) in [6, 6.07) is 11.1. The second-order valence-corrected chi connectivity index (χ2v) is 4.77. The molecule has 3 rings (SSSR count). The van der Waals surface area contributed by atoms with Gasteiger partial charge in [0.1, 0.15) is 5.52 Å². The van der Waals surface area contributed by atoms with Gasteiger partial charge in [0.15, 0.2) is 0 Å². The van der Waals surface area contributed by atoms with Gasteiger partial charge in [-0.05, 0) is 31.2 Å². The molecule has 0 saturated carbocycles. The number of nitrogens with one attached hydrogen (secondary N) is 1. The van der Waals surface area contributed by atoms with Crippen molar-refractivity contribution >= 4 is 22.7 Å². The Morgan fingerprint density at radius 2 is 2.14 bits per heavy atom. The molecule has 110 valence electrons. The number of benzene rings is 1. The molecule has 0 aliphatic rings. The molecule has 1 amide bonds. The molecule has 3 aromatic rings. The molecule has 7 nitrogen and oxygen atoms in total. The van der Waals surface area contributed by atoms with Crippen molar-refractivity contribution in [3.05, 3.63) is 54.4 Å².